The molecule has 0 radical (unpaired) electrons. The Morgan fingerprint density at radius 2 is 1.73 bits per heavy atom. The molecule has 0 aromatic heterocycles. The van der Waals surface area contributed by atoms with Crippen molar-refractivity contribution >= 4 is 21.6 Å². The zero-order valence-electron chi connectivity index (χ0n) is 17.8. The van der Waals surface area contributed by atoms with Crippen molar-refractivity contribution in [3.05, 3.63) is 83.4 Å². The summed E-state index contributed by atoms with van der Waals surface area (Å²) >= 11 is 0. The molecule has 0 heterocycles. The maximum atomic E-state index is 12.9. The van der Waals surface area contributed by atoms with Crippen LogP contribution < -0.4 is 19.5 Å². The van der Waals surface area contributed by atoms with Gasteiger partial charge in [0.2, 0.25) is 0 Å². The summed E-state index contributed by atoms with van der Waals surface area (Å²) in [5.74, 6) is 0.0419. The summed E-state index contributed by atoms with van der Waals surface area (Å²) in [7, 11) is -2.46. The van der Waals surface area contributed by atoms with Crippen LogP contribution in [-0.2, 0) is 16.6 Å². The fourth-order valence-corrected chi connectivity index (χ4v) is 4.35. The number of ether oxygens (including phenoxy) is 2. The molecule has 2 N–H and O–H groups in total. The minimum absolute atomic E-state index is 0.0231. The van der Waals surface area contributed by atoms with Crippen molar-refractivity contribution in [2.75, 3.05) is 11.8 Å². The third kappa shape index (κ3) is 6.42. The highest BCUT2D eigenvalue weighted by molar-refractivity contribution is 7.92. The van der Waals surface area contributed by atoms with Crippen LogP contribution in [0.25, 0.3) is 0 Å². The first-order valence-electron chi connectivity index (χ1n) is 9.77. The van der Waals surface area contributed by atoms with Gasteiger partial charge in [0.05, 0.1) is 12.0 Å². The van der Waals surface area contributed by atoms with Crippen LogP contribution in [0.5, 0.6) is 11.5 Å². The van der Waals surface area contributed by atoms with Crippen LogP contribution in [0, 0.1) is 6.92 Å². The maximum absolute atomic E-state index is 12.9. The van der Waals surface area contributed by atoms with E-state index in [1.807, 2.05) is 0 Å². The fourth-order valence-electron chi connectivity index (χ4n) is 3.02. The van der Waals surface area contributed by atoms with E-state index < -0.39 is 22.5 Å². The molecule has 0 bridgehead atoms. The number of hydrogen-bond donors (Lipinski definition) is 2. The largest absolute Gasteiger partial charge is 0.497 e. The van der Waals surface area contributed by atoms with Crippen LogP contribution in [0.2, 0.25) is 0 Å². The van der Waals surface area contributed by atoms with Gasteiger partial charge in [-0.05, 0) is 66.6 Å². The summed E-state index contributed by atoms with van der Waals surface area (Å²) in [5, 5.41) is 2.65. The predicted molar refractivity (Wildman–Crippen MR) is 119 cm³/mol. The van der Waals surface area contributed by atoms with Crippen LogP contribution in [-0.4, -0.2) is 28.0 Å². The second-order valence-electron chi connectivity index (χ2n) is 7.02. The zero-order chi connectivity index (χ0) is 24.0. The average Bonchev–Trinajstić information content (AvgIpc) is 2.77. The highest BCUT2D eigenvalue weighted by Gasteiger charge is 2.19. The zero-order valence-corrected chi connectivity index (χ0v) is 18.7. The third-order valence-electron chi connectivity index (χ3n) is 4.66. The van der Waals surface area contributed by atoms with Crippen LogP contribution in [0.15, 0.2) is 71.6 Å². The fraction of sp³-hybridized carbons (Fsp3) is 0.174. The van der Waals surface area contributed by atoms with Gasteiger partial charge in [-0.25, -0.2) is 8.42 Å². The second-order valence-corrected chi connectivity index (χ2v) is 8.67. The van der Waals surface area contributed by atoms with E-state index >= 15 is 0 Å². The molecular formula is C23H22F2N2O5S. The van der Waals surface area contributed by atoms with Gasteiger partial charge < -0.3 is 14.8 Å². The molecular weight excluding hydrogens is 454 g/mol. The Bertz CT molecular complexity index is 1230. The van der Waals surface area contributed by atoms with E-state index in [4.69, 9.17) is 4.74 Å². The molecule has 0 aliphatic heterocycles. The number of amides is 1. The molecule has 7 nitrogen and oxygen atoms in total. The molecule has 0 atom stereocenters. The SMILES string of the molecule is COc1ccc(NS(=O)(=O)c2cc(C(=O)NCc3cccc(OC(F)F)c3)ccc2C)cc1. The second kappa shape index (κ2) is 10.3. The summed E-state index contributed by atoms with van der Waals surface area (Å²) in [5.41, 5.74) is 1.48. The predicted octanol–water partition coefficient (Wildman–Crippen LogP) is 4.34. The summed E-state index contributed by atoms with van der Waals surface area (Å²) in [6.45, 7) is -1.28. The smallest absolute Gasteiger partial charge is 0.387 e. The molecule has 0 saturated heterocycles. The molecule has 33 heavy (non-hydrogen) atoms. The van der Waals surface area contributed by atoms with Gasteiger partial charge in [-0.3, -0.25) is 9.52 Å². The molecule has 1 amide bonds. The van der Waals surface area contributed by atoms with Crippen molar-refractivity contribution in [2.45, 2.75) is 25.0 Å². The first kappa shape index (κ1) is 24.0. The Morgan fingerprint density at radius 1 is 1.00 bits per heavy atom. The number of carbonyl (C=O) groups excluding carboxylic acids is 1. The van der Waals surface area contributed by atoms with E-state index in [1.165, 1.54) is 43.5 Å². The number of halogens is 2. The maximum Gasteiger partial charge on any atom is 0.387 e. The Morgan fingerprint density at radius 3 is 2.39 bits per heavy atom. The van der Waals surface area contributed by atoms with E-state index in [9.17, 15) is 22.0 Å². The third-order valence-corrected chi connectivity index (χ3v) is 6.18. The number of alkyl halides is 2. The van der Waals surface area contributed by atoms with E-state index in [-0.39, 0.29) is 22.8 Å². The lowest BCUT2D eigenvalue weighted by atomic mass is 10.1. The van der Waals surface area contributed by atoms with E-state index in [0.717, 1.165) is 0 Å². The molecule has 0 unspecified atom stereocenters. The minimum Gasteiger partial charge on any atom is -0.497 e. The van der Waals surface area contributed by atoms with Crippen molar-refractivity contribution in [1.29, 1.82) is 0 Å². The number of methoxy groups -OCH3 is 1. The Balaban J connectivity index is 1.74. The first-order chi connectivity index (χ1) is 15.7. The molecule has 174 valence electrons. The number of carbonyl (C=O) groups is 1. The summed E-state index contributed by atoms with van der Waals surface area (Å²) < 4.78 is 62.5. The van der Waals surface area contributed by atoms with Crippen LogP contribution in [0.1, 0.15) is 21.5 Å². The van der Waals surface area contributed by atoms with Gasteiger partial charge in [0.15, 0.2) is 0 Å². The van der Waals surface area contributed by atoms with Crippen LogP contribution in [0.4, 0.5) is 14.5 Å². The molecule has 3 aromatic carbocycles. The van der Waals surface area contributed by atoms with E-state index in [2.05, 4.69) is 14.8 Å². The lowest BCUT2D eigenvalue weighted by Crippen LogP contribution is -2.23. The number of sulfonamides is 1. The average molecular weight is 477 g/mol. The van der Waals surface area contributed by atoms with Crippen LogP contribution >= 0.6 is 0 Å². The lowest BCUT2D eigenvalue weighted by molar-refractivity contribution is -0.0498. The number of nitrogens with one attached hydrogen (secondary N) is 2. The molecule has 3 rings (SSSR count). The van der Waals surface area contributed by atoms with Crippen molar-refractivity contribution in [3.63, 3.8) is 0 Å². The normalized spacial score (nSPS) is 11.2. The molecule has 10 heteroatoms. The van der Waals surface area contributed by atoms with E-state index in [0.29, 0.717) is 22.6 Å². The van der Waals surface area contributed by atoms with Crippen molar-refractivity contribution in [3.8, 4) is 11.5 Å². The molecule has 3 aromatic rings. The summed E-state index contributed by atoms with van der Waals surface area (Å²) in [6, 6.07) is 16.6. The standard InChI is InChI=1S/C23H22F2N2O5S/c1-15-6-7-17(22(28)26-14-16-4-3-5-20(12-16)32-23(24)25)13-21(15)33(29,30)27-18-8-10-19(31-2)11-9-18/h3-13,23,27H,14H2,1-2H3,(H,26,28). The minimum atomic E-state index is -3.96. The molecule has 0 spiro atoms. The number of aryl methyl sites for hydroxylation is 1. The van der Waals surface area contributed by atoms with Gasteiger partial charge in [-0.1, -0.05) is 18.2 Å². The monoisotopic (exact) mass is 476 g/mol. The summed E-state index contributed by atoms with van der Waals surface area (Å²) in [4.78, 5) is 12.6. The van der Waals surface area contributed by atoms with Crippen molar-refractivity contribution < 1.29 is 31.5 Å². The molecule has 0 aliphatic carbocycles. The molecule has 0 saturated carbocycles. The molecule has 0 aliphatic rings. The van der Waals surface area contributed by atoms with Gasteiger partial charge in [-0.2, -0.15) is 8.78 Å². The molecule has 0 fully saturated rings. The Kier molecular flexibility index (Phi) is 7.49. The number of anilines is 1. The Labute approximate surface area is 190 Å². The van der Waals surface area contributed by atoms with Gasteiger partial charge >= 0.3 is 6.61 Å². The van der Waals surface area contributed by atoms with Gasteiger partial charge in [0.25, 0.3) is 15.9 Å². The van der Waals surface area contributed by atoms with E-state index in [1.54, 1.807) is 37.3 Å². The highest BCUT2D eigenvalue weighted by atomic mass is 32.2. The quantitative estimate of drug-likeness (QED) is 0.479. The number of rotatable bonds is 9. The lowest BCUT2D eigenvalue weighted by Gasteiger charge is -2.13. The first-order valence-corrected chi connectivity index (χ1v) is 11.3. The van der Waals surface area contributed by atoms with Gasteiger partial charge in [-0.15, -0.1) is 0 Å². The van der Waals surface area contributed by atoms with Crippen LogP contribution in [0.3, 0.4) is 0 Å². The van der Waals surface area contributed by atoms with Crippen molar-refractivity contribution in [1.82, 2.24) is 5.32 Å². The number of hydrogen-bond acceptors (Lipinski definition) is 5. The van der Waals surface area contributed by atoms with Crippen molar-refractivity contribution in [2.24, 2.45) is 0 Å². The summed E-state index contributed by atoms with van der Waals surface area (Å²) in [6.07, 6.45) is 0. The highest BCUT2D eigenvalue weighted by Crippen LogP contribution is 2.23. The number of benzene rings is 3. The Hall–Kier alpha value is -3.66. The van der Waals surface area contributed by atoms with Gasteiger partial charge in [0.1, 0.15) is 11.5 Å². The van der Waals surface area contributed by atoms with Gasteiger partial charge in [0, 0.05) is 17.8 Å². The topological polar surface area (TPSA) is 93.7 Å².